The number of carbonyl (C=O) groups excluding carboxylic acids is 1. The summed E-state index contributed by atoms with van der Waals surface area (Å²) in [6.07, 6.45) is 0.433. The maximum absolute atomic E-state index is 14.3. The molecule has 0 fully saturated rings. The van der Waals surface area contributed by atoms with Crippen LogP contribution < -0.4 is 9.04 Å². The third-order valence-electron chi connectivity index (χ3n) is 5.25. The third kappa shape index (κ3) is 5.81. The molecule has 33 heavy (non-hydrogen) atoms. The number of anilines is 1. The maximum atomic E-state index is 14.3. The molecular formula is C25H25BrFNO4S. The predicted molar refractivity (Wildman–Crippen MR) is 131 cm³/mol. The smallest absolute Gasteiger partial charge is 0.264 e. The van der Waals surface area contributed by atoms with E-state index in [9.17, 15) is 17.6 Å². The van der Waals surface area contributed by atoms with E-state index in [1.807, 2.05) is 19.9 Å². The van der Waals surface area contributed by atoms with Gasteiger partial charge in [0.15, 0.2) is 5.78 Å². The Labute approximate surface area is 202 Å². The zero-order chi connectivity index (χ0) is 24.2. The molecule has 5 nitrogen and oxygen atoms in total. The van der Waals surface area contributed by atoms with Crippen LogP contribution in [0.15, 0.2) is 70.0 Å². The lowest BCUT2D eigenvalue weighted by atomic mass is 10.1. The van der Waals surface area contributed by atoms with Gasteiger partial charge in [-0.15, -0.1) is 0 Å². The molecule has 0 aromatic heterocycles. The van der Waals surface area contributed by atoms with Gasteiger partial charge in [0, 0.05) is 10.9 Å². The number of aryl methyl sites for hydroxylation is 2. The number of carbonyl (C=O) groups is 1. The number of sulfonamides is 1. The SMILES string of the molecule is CCc1ccc(OC)c(N(CC(=O)Cc2ccc(Br)cc2F)S(=O)(=O)c2ccc(C)cc2)c1. The molecule has 0 spiro atoms. The van der Waals surface area contributed by atoms with Gasteiger partial charge in [0.1, 0.15) is 11.6 Å². The summed E-state index contributed by atoms with van der Waals surface area (Å²) in [5.74, 6) is -0.655. The van der Waals surface area contributed by atoms with Crippen LogP contribution in [0.4, 0.5) is 10.1 Å². The van der Waals surface area contributed by atoms with Gasteiger partial charge >= 0.3 is 0 Å². The lowest BCUT2D eigenvalue weighted by Gasteiger charge is -2.26. The number of Topliss-reactive ketones (excluding diaryl/α,β-unsaturated/α-hetero) is 1. The molecule has 0 aliphatic heterocycles. The Morgan fingerprint density at radius 2 is 1.76 bits per heavy atom. The number of methoxy groups -OCH3 is 1. The van der Waals surface area contributed by atoms with Gasteiger partial charge in [-0.05, 0) is 60.9 Å². The monoisotopic (exact) mass is 533 g/mol. The summed E-state index contributed by atoms with van der Waals surface area (Å²) in [6, 6.07) is 16.1. The Kier molecular flexibility index (Phi) is 7.92. The van der Waals surface area contributed by atoms with E-state index in [1.54, 1.807) is 30.3 Å². The van der Waals surface area contributed by atoms with Crippen LogP contribution in [0, 0.1) is 12.7 Å². The Morgan fingerprint density at radius 3 is 2.36 bits per heavy atom. The lowest BCUT2D eigenvalue weighted by molar-refractivity contribution is -0.117. The molecule has 8 heteroatoms. The molecular weight excluding hydrogens is 509 g/mol. The minimum atomic E-state index is -4.10. The number of hydrogen-bond donors (Lipinski definition) is 0. The first kappa shape index (κ1) is 24.9. The van der Waals surface area contributed by atoms with Crippen molar-refractivity contribution in [3.05, 3.63) is 87.6 Å². The van der Waals surface area contributed by atoms with Crippen LogP contribution >= 0.6 is 15.9 Å². The average Bonchev–Trinajstić information content (AvgIpc) is 2.79. The highest BCUT2D eigenvalue weighted by molar-refractivity contribution is 9.10. The first-order valence-electron chi connectivity index (χ1n) is 10.4. The molecule has 0 atom stereocenters. The van der Waals surface area contributed by atoms with E-state index >= 15 is 0 Å². The van der Waals surface area contributed by atoms with Gasteiger partial charge in [0.05, 0.1) is 24.2 Å². The van der Waals surface area contributed by atoms with Gasteiger partial charge in [-0.3, -0.25) is 9.10 Å². The fourth-order valence-electron chi connectivity index (χ4n) is 3.38. The number of ketones is 1. The Hall–Kier alpha value is -2.71. The van der Waals surface area contributed by atoms with Crippen molar-refractivity contribution < 1.29 is 22.3 Å². The second-order valence-corrected chi connectivity index (χ2v) is 10.4. The molecule has 0 aliphatic rings. The Balaban J connectivity index is 2.05. The number of halogens is 2. The minimum absolute atomic E-state index is 0.0553. The summed E-state index contributed by atoms with van der Waals surface area (Å²) in [5.41, 5.74) is 2.27. The van der Waals surface area contributed by atoms with E-state index in [2.05, 4.69) is 15.9 Å². The molecule has 0 bridgehead atoms. The van der Waals surface area contributed by atoms with Crippen molar-refractivity contribution in [1.82, 2.24) is 0 Å². The van der Waals surface area contributed by atoms with Crippen molar-refractivity contribution in [3.63, 3.8) is 0 Å². The predicted octanol–water partition coefficient (Wildman–Crippen LogP) is 5.47. The highest BCUT2D eigenvalue weighted by atomic mass is 79.9. The van der Waals surface area contributed by atoms with Crippen molar-refractivity contribution in [2.24, 2.45) is 0 Å². The van der Waals surface area contributed by atoms with Crippen LogP contribution in [0.2, 0.25) is 0 Å². The van der Waals surface area contributed by atoms with Crippen LogP contribution in [0.1, 0.15) is 23.6 Å². The standard InChI is InChI=1S/C25H25BrFNO4S/c1-4-18-7-12-25(32-3)24(13-18)28(33(30,31)22-10-5-17(2)6-11-22)16-21(29)14-19-8-9-20(26)15-23(19)27/h5-13,15H,4,14,16H2,1-3H3. The lowest BCUT2D eigenvalue weighted by Crippen LogP contribution is -2.36. The van der Waals surface area contributed by atoms with E-state index < -0.39 is 28.2 Å². The molecule has 3 aromatic carbocycles. The molecule has 0 heterocycles. The number of nitrogens with zero attached hydrogens (tertiary/aromatic N) is 1. The molecule has 3 rings (SSSR count). The summed E-state index contributed by atoms with van der Waals surface area (Å²) in [4.78, 5) is 13.0. The number of hydrogen-bond acceptors (Lipinski definition) is 4. The van der Waals surface area contributed by atoms with Gasteiger partial charge in [0.25, 0.3) is 10.0 Å². The first-order valence-corrected chi connectivity index (χ1v) is 12.6. The second kappa shape index (κ2) is 10.5. The molecule has 0 amide bonds. The molecule has 0 aliphatic carbocycles. The average molecular weight is 534 g/mol. The van der Waals surface area contributed by atoms with Gasteiger partial charge in [-0.1, -0.05) is 52.7 Å². The van der Waals surface area contributed by atoms with Gasteiger partial charge in [-0.2, -0.15) is 0 Å². The van der Waals surface area contributed by atoms with Crippen molar-refractivity contribution in [2.45, 2.75) is 31.6 Å². The molecule has 0 N–H and O–H groups in total. The fraction of sp³-hybridized carbons (Fsp3) is 0.240. The van der Waals surface area contributed by atoms with Crippen LogP contribution in [0.25, 0.3) is 0 Å². The van der Waals surface area contributed by atoms with Crippen LogP contribution in [0.3, 0.4) is 0 Å². The van der Waals surface area contributed by atoms with Gasteiger partial charge in [-0.25, -0.2) is 12.8 Å². The molecule has 0 saturated carbocycles. The summed E-state index contributed by atoms with van der Waals surface area (Å²) >= 11 is 3.19. The fourth-order valence-corrected chi connectivity index (χ4v) is 5.16. The van der Waals surface area contributed by atoms with E-state index in [-0.39, 0.29) is 22.6 Å². The molecule has 0 saturated heterocycles. The van der Waals surface area contributed by atoms with Gasteiger partial charge < -0.3 is 4.74 Å². The van der Waals surface area contributed by atoms with E-state index in [4.69, 9.17) is 4.74 Å². The first-order chi connectivity index (χ1) is 15.6. The molecule has 0 radical (unpaired) electrons. The zero-order valence-corrected chi connectivity index (χ0v) is 21.0. The number of benzene rings is 3. The molecule has 3 aromatic rings. The van der Waals surface area contributed by atoms with Crippen molar-refractivity contribution in [1.29, 1.82) is 0 Å². The summed E-state index contributed by atoms with van der Waals surface area (Å²) < 4.78 is 48.6. The van der Waals surface area contributed by atoms with Crippen LogP contribution in [0.5, 0.6) is 5.75 Å². The van der Waals surface area contributed by atoms with E-state index in [1.165, 1.54) is 31.4 Å². The normalized spacial score (nSPS) is 11.3. The Bertz CT molecular complexity index is 1260. The minimum Gasteiger partial charge on any atom is -0.495 e. The topological polar surface area (TPSA) is 63.7 Å². The van der Waals surface area contributed by atoms with E-state index in [0.717, 1.165) is 15.4 Å². The quantitative estimate of drug-likeness (QED) is 0.365. The number of rotatable bonds is 9. The second-order valence-electron chi connectivity index (χ2n) is 7.64. The third-order valence-corrected chi connectivity index (χ3v) is 7.52. The highest BCUT2D eigenvalue weighted by Gasteiger charge is 2.30. The van der Waals surface area contributed by atoms with Crippen molar-refractivity contribution in [3.8, 4) is 5.75 Å². The molecule has 174 valence electrons. The van der Waals surface area contributed by atoms with Crippen molar-refractivity contribution >= 4 is 37.4 Å². The summed E-state index contributed by atoms with van der Waals surface area (Å²) in [6.45, 7) is 3.35. The maximum Gasteiger partial charge on any atom is 0.264 e. The largest absolute Gasteiger partial charge is 0.495 e. The highest BCUT2D eigenvalue weighted by Crippen LogP contribution is 2.34. The van der Waals surface area contributed by atoms with Crippen molar-refractivity contribution in [2.75, 3.05) is 18.0 Å². The zero-order valence-electron chi connectivity index (χ0n) is 18.6. The summed E-state index contributed by atoms with van der Waals surface area (Å²) in [5, 5.41) is 0. The van der Waals surface area contributed by atoms with Gasteiger partial charge in [0.2, 0.25) is 0 Å². The number of ether oxygens (including phenoxy) is 1. The molecule has 0 unspecified atom stereocenters. The summed E-state index contributed by atoms with van der Waals surface area (Å²) in [7, 11) is -2.66. The van der Waals surface area contributed by atoms with Crippen LogP contribution in [-0.4, -0.2) is 27.9 Å². The van der Waals surface area contributed by atoms with E-state index in [0.29, 0.717) is 16.6 Å². The van der Waals surface area contributed by atoms with Crippen LogP contribution in [-0.2, 0) is 27.7 Å². The Morgan fingerprint density at radius 1 is 1.06 bits per heavy atom.